The number of aliphatic hydroxyl groups is 1. The van der Waals surface area contributed by atoms with E-state index in [0.29, 0.717) is 5.92 Å². The normalized spacial score (nSPS) is 12.7. The van der Waals surface area contributed by atoms with Crippen LogP contribution in [-0.4, -0.2) is 5.11 Å². The van der Waals surface area contributed by atoms with Crippen molar-refractivity contribution in [3.8, 4) is 0 Å². The molecule has 0 aromatic heterocycles. The van der Waals surface area contributed by atoms with E-state index < -0.39 is 6.10 Å². The van der Waals surface area contributed by atoms with E-state index in [4.69, 9.17) is 0 Å². The summed E-state index contributed by atoms with van der Waals surface area (Å²) in [5.74, 6) is 0.523. The highest BCUT2D eigenvalue weighted by Crippen LogP contribution is 2.24. The second-order valence-electron chi connectivity index (χ2n) is 5.72. The molecular formula is C19H24O. The smallest absolute Gasteiger partial charge is 0.104 e. The van der Waals surface area contributed by atoms with Crippen LogP contribution in [0.2, 0.25) is 0 Å². The summed E-state index contributed by atoms with van der Waals surface area (Å²) < 4.78 is 0. The second kappa shape index (κ2) is 6.71. The largest absolute Gasteiger partial charge is 0.384 e. The molecule has 0 aliphatic rings. The molecule has 106 valence electrons. The SMILES string of the molecule is CCCc1ccc(C(O)c2ccc(C(C)C)cc2)cc1. The highest BCUT2D eigenvalue weighted by atomic mass is 16.3. The predicted octanol–water partition coefficient (Wildman–Crippen LogP) is 4.84. The molecule has 2 aromatic carbocycles. The lowest BCUT2D eigenvalue weighted by Crippen LogP contribution is -2.00. The minimum Gasteiger partial charge on any atom is -0.384 e. The minimum atomic E-state index is -0.535. The minimum absolute atomic E-state index is 0.523. The molecule has 0 saturated heterocycles. The molecule has 20 heavy (non-hydrogen) atoms. The zero-order chi connectivity index (χ0) is 14.5. The lowest BCUT2D eigenvalue weighted by atomic mass is 9.96. The maximum Gasteiger partial charge on any atom is 0.104 e. The van der Waals surface area contributed by atoms with Crippen LogP contribution in [0.4, 0.5) is 0 Å². The topological polar surface area (TPSA) is 20.2 Å². The van der Waals surface area contributed by atoms with Gasteiger partial charge in [0, 0.05) is 0 Å². The molecule has 0 aliphatic carbocycles. The number of rotatable bonds is 5. The molecule has 2 rings (SSSR count). The molecule has 0 bridgehead atoms. The van der Waals surface area contributed by atoms with E-state index >= 15 is 0 Å². The standard InChI is InChI=1S/C19H24O/c1-4-5-15-6-8-17(9-7-15)19(20)18-12-10-16(11-13-18)14(2)3/h6-14,19-20H,4-5H2,1-3H3. The average molecular weight is 268 g/mol. The zero-order valence-electron chi connectivity index (χ0n) is 12.6. The van der Waals surface area contributed by atoms with Gasteiger partial charge in [0.1, 0.15) is 6.10 Å². The van der Waals surface area contributed by atoms with Gasteiger partial charge < -0.3 is 5.11 Å². The third-order valence-corrected chi connectivity index (χ3v) is 3.75. The van der Waals surface area contributed by atoms with Crippen LogP contribution in [0.25, 0.3) is 0 Å². The lowest BCUT2D eigenvalue weighted by Gasteiger charge is -2.13. The van der Waals surface area contributed by atoms with Gasteiger partial charge in [0.2, 0.25) is 0 Å². The summed E-state index contributed by atoms with van der Waals surface area (Å²) in [5, 5.41) is 10.4. The van der Waals surface area contributed by atoms with Crippen LogP contribution in [0.3, 0.4) is 0 Å². The Morgan fingerprint density at radius 1 is 0.800 bits per heavy atom. The fourth-order valence-corrected chi connectivity index (χ4v) is 2.41. The van der Waals surface area contributed by atoms with Gasteiger partial charge in [0.25, 0.3) is 0 Å². The maximum absolute atomic E-state index is 10.4. The van der Waals surface area contributed by atoms with Crippen molar-refractivity contribution < 1.29 is 5.11 Å². The van der Waals surface area contributed by atoms with E-state index in [0.717, 1.165) is 24.0 Å². The van der Waals surface area contributed by atoms with Gasteiger partial charge in [0.15, 0.2) is 0 Å². The summed E-state index contributed by atoms with van der Waals surface area (Å²) in [6.45, 7) is 6.54. The van der Waals surface area contributed by atoms with Gasteiger partial charge in [-0.2, -0.15) is 0 Å². The third-order valence-electron chi connectivity index (χ3n) is 3.75. The van der Waals surface area contributed by atoms with Crippen molar-refractivity contribution in [2.45, 2.75) is 45.6 Å². The Bertz CT molecular complexity index is 523. The fourth-order valence-electron chi connectivity index (χ4n) is 2.41. The molecule has 0 aliphatic heterocycles. The first-order valence-corrected chi connectivity index (χ1v) is 7.48. The van der Waals surface area contributed by atoms with Crippen molar-refractivity contribution in [2.24, 2.45) is 0 Å². The molecule has 1 nitrogen and oxygen atoms in total. The van der Waals surface area contributed by atoms with Gasteiger partial charge in [-0.15, -0.1) is 0 Å². The summed E-state index contributed by atoms with van der Waals surface area (Å²) in [6, 6.07) is 16.6. The molecule has 1 atom stereocenters. The lowest BCUT2D eigenvalue weighted by molar-refractivity contribution is 0.220. The Hall–Kier alpha value is -1.60. The first-order valence-electron chi connectivity index (χ1n) is 7.48. The van der Waals surface area contributed by atoms with Crippen molar-refractivity contribution >= 4 is 0 Å². The quantitative estimate of drug-likeness (QED) is 0.822. The number of benzene rings is 2. The van der Waals surface area contributed by atoms with Crippen LogP contribution >= 0.6 is 0 Å². The van der Waals surface area contributed by atoms with E-state index in [9.17, 15) is 5.11 Å². The summed E-state index contributed by atoms with van der Waals surface area (Å²) in [5.41, 5.74) is 4.55. The van der Waals surface area contributed by atoms with Gasteiger partial charge in [-0.05, 0) is 34.6 Å². The monoisotopic (exact) mass is 268 g/mol. The van der Waals surface area contributed by atoms with E-state index in [-0.39, 0.29) is 0 Å². The molecule has 1 N–H and O–H groups in total. The molecule has 0 radical (unpaired) electrons. The Morgan fingerprint density at radius 2 is 1.25 bits per heavy atom. The van der Waals surface area contributed by atoms with E-state index in [1.807, 2.05) is 24.3 Å². The van der Waals surface area contributed by atoms with E-state index in [1.165, 1.54) is 11.1 Å². The molecule has 1 unspecified atom stereocenters. The van der Waals surface area contributed by atoms with Gasteiger partial charge in [0.05, 0.1) is 0 Å². The second-order valence-corrected chi connectivity index (χ2v) is 5.72. The highest BCUT2D eigenvalue weighted by Gasteiger charge is 2.10. The van der Waals surface area contributed by atoms with Crippen molar-refractivity contribution in [2.75, 3.05) is 0 Å². The van der Waals surface area contributed by atoms with Gasteiger partial charge in [-0.3, -0.25) is 0 Å². The fraction of sp³-hybridized carbons (Fsp3) is 0.368. The number of aliphatic hydroxyl groups excluding tert-OH is 1. The first-order chi connectivity index (χ1) is 9.61. The average Bonchev–Trinajstić information content (AvgIpc) is 2.48. The summed E-state index contributed by atoms with van der Waals surface area (Å²) in [6.07, 6.45) is 1.71. The van der Waals surface area contributed by atoms with Gasteiger partial charge in [-0.1, -0.05) is 75.7 Å². The Morgan fingerprint density at radius 3 is 1.70 bits per heavy atom. The van der Waals surface area contributed by atoms with Gasteiger partial charge in [-0.25, -0.2) is 0 Å². The van der Waals surface area contributed by atoms with E-state index in [1.54, 1.807) is 0 Å². The predicted molar refractivity (Wildman–Crippen MR) is 85.0 cm³/mol. The summed E-state index contributed by atoms with van der Waals surface area (Å²) >= 11 is 0. The zero-order valence-corrected chi connectivity index (χ0v) is 12.6. The van der Waals surface area contributed by atoms with Crippen LogP contribution in [0, 0.1) is 0 Å². The molecule has 0 saturated carbocycles. The molecule has 0 amide bonds. The number of aryl methyl sites for hydroxylation is 1. The van der Waals surface area contributed by atoms with Crippen molar-refractivity contribution in [1.82, 2.24) is 0 Å². The van der Waals surface area contributed by atoms with Crippen LogP contribution in [0.5, 0.6) is 0 Å². The Kier molecular flexibility index (Phi) is 4.97. The Labute approximate surface area is 122 Å². The highest BCUT2D eigenvalue weighted by molar-refractivity contribution is 5.34. The molecule has 0 fully saturated rings. The van der Waals surface area contributed by atoms with E-state index in [2.05, 4.69) is 45.0 Å². The van der Waals surface area contributed by atoms with Crippen molar-refractivity contribution in [1.29, 1.82) is 0 Å². The van der Waals surface area contributed by atoms with Crippen LogP contribution in [0.1, 0.15) is 61.5 Å². The van der Waals surface area contributed by atoms with Crippen LogP contribution in [0.15, 0.2) is 48.5 Å². The number of hydrogen-bond donors (Lipinski definition) is 1. The number of hydrogen-bond acceptors (Lipinski definition) is 1. The van der Waals surface area contributed by atoms with Crippen molar-refractivity contribution in [3.63, 3.8) is 0 Å². The Balaban J connectivity index is 2.15. The first kappa shape index (κ1) is 14.8. The third kappa shape index (κ3) is 3.49. The molecule has 0 heterocycles. The molecule has 2 aromatic rings. The molecule has 0 spiro atoms. The summed E-state index contributed by atoms with van der Waals surface area (Å²) in [4.78, 5) is 0. The molecular weight excluding hydrogens is 244 g/mol. The van der Waals surface area contributed by atoms with Crippen molar-refractivity contribution in [3.05, 3.63) is 70.8 Å². The summed E-state index contributed by atoms with van der Waals surface area (Å²) in [7, 11) is 0. The van der Waals surface area contributed by atoms with Crippen LogP contribution in [-0.2, 0) is 6.42 Å². The van der Waals surface area contributed by atoms with Crippen LogP contribution < -0.4 is 0 Å². The van der Waals surface area contributed by atoms with Gasteiger partial charge >= 0.3 is 0 Å². The maximum atomic E-state index is 10.4. The molecule has 1 heteroatoms.